The van der Waals surface area contributed by atoms with Gasteiger partial charge in [-0.1, -0.05) is 0 Å². The normalized spacial score (nSPS) is 12.9. The summed E-state index contributed by atoms with van der Waals surface area (Å²) in [5.74, 6) is 0.985. The largest absolute Gasteiger partial charge is 0.468 e. The highest BCUT2D eigenvalue weighted by Gasteiger charge is 2.11. The minimum Gasteiger partial charge on any atom is -0.468 e. The molecule has 0 aliphatic heterocycles. The van der Waals surface area contributed by atoms with Crippen molar-refractivity contribution in [3.63, 3.8) is 0 Å². The minimum absolute atomic E-state index is 0.240. The molecule has 0 amide bonds. The van der Waals surface area contributed by atoms with E-state index in [4.69, 9.17) is 4.42 Å². The number of nitrogens with one attached hydrogen (secondary N) is 1. The van der Waals surface area contributed by atoms with Crippen molar-refractivity contribution in [3.8, 4) is 0 Å². The van der Waals surface area contributed by atoms with Gasteiger partial charge in [-0.05, 0) is 51.5 Å². The number of hydrogen-bond acceptors (Lipinski definition) is 2. The fourth-order valence-electron chi connectivity index (χ4n) is 2.44. The quantitative estimate of drug-likeness (QED) is 0.874. The predicted octanol–water partition coefficient (Wildman–Crippen LogP) is 3.57. The maximum atomic E-state index is 5.40. The van der Waals surface area contributed by atoms with E-state index in [9.17, 15) is 0 Å². The molecule has 3 nitrogen and oxygen atoms in total. The van der Waals surface area contributed by atoms with Crippen molar-refractivity contribution in [2.24, 2.45) is 0 Å². The van der Waals surface area contributed by atoms with Crippen LogP contribution in [0.25, 0.3) is 0 Å². The second-order valence-corrected chi connectivity index (χ2v) is 4.76. The van der Waals surface area contributed by atoms with E-state index in [1.165, 1.54) is 17.0 Å². The first-order valence-electron chi connectivity index (χ1n) is 6.55. The average Bonchev–Trinajstić information content (AvgIpc) is 2.95. The Morgan fingerprint density at radius 1 is 1.39 bits per heavy atom. The molecule has 2 rings (SSSR count). The maximum absolute atomic E-state index is 5.40. The fraction of sp³-hybridized carbons (Fsp3) is 0.467. The average molecular weight is 246 g/mol. The van der Waals surface area contributed by atoms with Gasteiger partial charge >= 0.3 is 0 Å². The Kier molecular flexibility index (Phi) is 3.92. The second-order valence-electron chi connectivity index (χ2n) is 4.76. The van der Waals surface area contributed by atoms with Crippen molar-refractivity contribution in [1.29, 1.82) is 0 Å². The van der Waals surface area contributed by atoms with Crippen LogP contribution in [0.4, 0.5) is 0 Å². The third-order valence-electron chi connectivity index (χ3n) is 3.56. The maximum Gasteiger partial charge on any atom is 0.120 e. The zero-order chi connectivity index (χ0) is 13.1. The number of nitrogens with zero attached hydrogens (tertiary/aromatic N) is 1. The van der Waals surface area contributed by atoms with Gasteiger partial charge in [0.1, 0.15) is 5.76 Å². The van der Waals surface area contributed by atoms with Gasteiger partial charge in [-0.3, -0.25) is 0 Å². The summed E-state index contributed by atoms with van der Waals surface area (Å²) in [4.78, 5) is 0. The SMILES string of the molecule is CCn1c(C)cc(CN[C@@H](C)c2ccco2)c1C. The first kappa shape index (κ1) is 13.0. The molecule has 0 aliphatic rings. The van der Waals surface area contributed by atoms with Crippen molar-refractivity contribution in [3.05, 3.63) is 47.2 Å². The van der Waals surface area contributed by atoms with Gasteiger partial charge in [-0.2, -0.15) is 0 Å². The molecule has 0 saturated heterocycles. The highest BCUT2D eigenvalue weighted by molar-refractivity contribution is 5.26. The molecule has 2 aromatic heterocycles. The van der Waals surface area contributed by atoms with Crippen LogP contribution < -0.4 is 5.32 Å². The summed E-state index contributed by atoms with van der Waals surface area (Å²) in [6.07, 6.45) is 1.72. The van der Waals surface area contributed by atoms with Crippen LogP contribution >= 0.6 is 0 Å². The number of aryl methyl sites for hydroxylation is 1. The van der Waals surface area contributed by atoms with Crippen LogP contribution in [-0.2, 0) is 13.1 Å². The standard InChI is InChI=1S/C15H22N2O/c1-5-17-11(2)9-14(13(17)4)10-16-12(3)15-7-6-8-18-15/h6-9,12,16H,5,10H2,1-4H3/t12-/m0/s1. The lowest BCUT2D eigenvalue weighted by Crippen LogP contribution is -2.18. The summed E-state index contributed by atoms with van der Waals surface area (Å²) in [5, 5.41) is 3.50. The van der Waals surface area contributed by atoms with Crippen molar-refractivity contribution in [1.82, 2.24) is 9.88 Å². The Hall–Kier alpha value is -1.48. The summed E-state index contributed by atoms with van der Waals surface area (Å²) in [6.45, 7) is 10.6. The molecule has 0 aliphatic carbocycles. The third-order valence-corrected chi connectivity index (χ3v) is 3.56. The van der Waals surface area contributed by atoms with Crippen molar-refractivity contribution >= 4 is 0 Å². The van der Waals surface area contributed by atoms with Gasteiger partial charge in [-0.25, -0.2) is 0 Å². The Bertz CT molecular complexity index is 497. The lowest BCUT2D eigenvalue weighted by Gasteiger charge is -2.11. The molecule has 0 saturated carbocycles. The van der Waals surface area contributed by atoms with Gasteiger partial charge in [0.2, 0.25) is 0 Å². The first-order chi connectivity index (χ1) is 8.63. The molecule has 0 aromatic carbocycles. The van der Waals surface area contributed by atoms with E-state index >= 15 is 0 Å². The fourth-order valence-corrected chi connectivity index (χ4v) is 2.44. The highest BCUT2D eigenvalue weighted by atomic mass is 16.3. The van der Waals surface area contributed by atoms with Crippen LogP contribution in [0, 0.1) is 13.8 Å². The molecule has 2 aromatic rings. The zero-order valence-electron chi connectivity index (χ0n) is 11.7. The van der Waals surface area contributed by atoms with E-state index in [0.29, 0.717) is 0 Å². The molecule has 98 valence electrons. The molecule has 2 heterocycles. The molecular formula is C15H22N2O. The summed E-state index contributed by atoms with van der Waals surface area (Å²) < 4.78 is 7.74. The predicted molar refractivity (Wildman–Crippen MR) is 73.5 cm³/mol. The van der Waals surface area contributed by atoms with Crippen LogP contribution in [0.3, 0.4) is 0 Å². The lowest BCUT2D eigenvalue weighted by molar-refractivity contribution is 0.430. The van der Waals surface area contributed by atoms with Gasteiger partial charge in [0.05, 0.1) is 12.3 Å². The molecule has 0 spiro atoms. The topological polar surface area (TPSA) is 30.1 Å². The van der Waals surface area contributed by atoms with E-state index in [1.54, 1.807) is 6.26 Å². The Morgan fingerprint density at radius 2 is 2.17 bits per heavy atom. The summed E-state index contributed by atoms with van der Waals surface area (Å²) in [5.41, 5.74) is 4.05. The lowest BCUT2D eigenvalue weighted by atomic mass is 10.2. The van der Waals surface area contributed by atoms with Crippen LogP contribution in [-0.4, -0.2) is 4.57 Å². The Labute approximate surface area is 109 Å². The second kappa shape index (κ2) is 5.44. The van der Waals surface area contributed by atoms with Crippen LogP contribution in [0.15, 0.2) is 28.9 Å². The van der Waals surface area contributed by atoms with Gasteiger partial charge in [0.25, 0.3) is 0 Å². The summed E-state index contributed by atoms with van der Waals surface area (Å²) in [7, 11) is 0. The van der Waals surface area contributed by atoms with Crippen LogP contribution in [0.5, 0.6) is 0 Å². The molecule has 18 heavy (non-hydrogen) atoms. The number of rotatable bonds is 5. The van der Waals surface area contributed by atoms with Crippen molar-refractivity contribution in [2.45, 2.75) is 46.8 Å². The highest BCUT2D eigenvalue weighted by Crippen LogP contribution is 2.17. The van der Waals surface area contributed by atoms with Gasteiger partial charge in [0, 0.05) is 24.5 Å². The Morgan fingerprint density at radius 3 is 2.72 bits per heavy atom. The monoisotopic (exact) mass is 246 g/mol. The molecular weight excluding hydrogens is 224 g/mol. The summed E-state index contributed by atoms with van der Waals surface area (Å²) in [6, 6.07) is 6.44. The van der Waals surface area contributed by atoms with E-state index in [0.717, 1.165) is 18.8 Å². The van der Waals surface area contributed by atoms with E-state index < -0.39 is 0 Å². The van der Waals surface area contributed by atoms with Crippen molar-refractivity contribution < 1.29 is 4.42 Å². The van der Waals surface area contributed by atoms with Gasteiger partial charge in [-0.15, -0.1) is 0 Å². The van der Waals surface area contributed by atoms with Gasteiger partial charge in [0.15, 0.2) is 0 Å². The number of hydrogen-bond donors (Lipinski definition) is 1. The molecule has 0 bridgehead atoms. The number of furan rings is 1. The molecule has 1 N–H and O–H groups in total. The molecule has 1 atom stereocenters. The summed E-state index contributed by atoms with van der Waals surface area (Å²) >= 11 is 0. The van der Waals surface area contributed by atoms with Crippen LogP contribution in [0.1, 0.15) is 42.6 Å². The zero-order valence-corrected chi connectivity index (χ0v) is 11.7. The molecule has 0 fully saturated rings. The minimum atomic E-state index is 0.240. The third kappa shape index (κ3) is 2.51. The molecule has 0 unspecified atom stereocenters. The van der Waals surface area contributed by atoms with E-state index in [-0.39, 0.29) is 6.04 Å². The first-order valence-corrected chi connectivity index (χ1v) is 6.55. The molecule has 0 radical (unpaired) electrons. The number of aromatic nitrogens is 1. The van der Waals surface area contributed by atoms with E-state index in [1.807, 2.05) is 12.1 Å². The van der Waals surface area contributed by atoms with Gasteiger partial charge < -0.3 is 14.3 Å². The smallest absolute Gasteiger partial charge is 0.120 e. The van der Waals surface area contributed by atoms with Crippen LogP contribution in [0.2, 0.25) is 0 Å². The Balaban J connectivity index is 2.02. The molecule has 3 heteroatoms. The van der Waals surface area contributed by atoms with E-state index in [2.05, 4.69) is 43.6 Å². The van der Waals surface area contributed by atoms with Crippen molar-refractivity contribution in [2.75, 3.05) is 0 Å².